The standard InChI is InChI=1S/C21H26IN5O2S/c1-4-17-23-18-19(26-8-10-29-11-9-26)24-21(25-20(18)27(17)5-2)30-13-14-6-7-16(28-3)15(22)12-14/h6-7,12H,4-5,8-11,13H2,1-3H3. The molecule has 0 radical (unpaired) electrons. The van der Waals surface area contributed by atoms with Gasteiger partial charge in [-0.1, -0.05) is 24.8 Å². The Balaban J connectivity index is 1.69. The second-order valence-electron chi connectivity index (χ2n) is 6.98. The van der Waals surface area contributed by atoms with Crippen LogP contribution in [0.5, 0.6) is 5.75 Å². The van der Waals surface area contributed by atoms with Crippen molar-refractivity contribution in [2.24, 2.45) is 0 Å². The lowest BCUT2D eigenvalue weighted by Gasteiger charge is -2.28. The van der Waals surface area contributed by atoms with Crippen LogP contribution in [0.25, 0.3) is 11.2 Å². The Labute approximate surface area is 194 Å². The SMILES string of the molecule is CCc1nc2c(N3CCOCC3)nc(SCc3ccc(OC)c(I)c3)nc2n1CC. The number of aryl methyl sites for hydroxylation is 2. The van der Waals surface area contributed by atoms with Crippen LogP contribution in [0.1, 0.15) is 25.2 Å². The Bertz CT molecular complexity index is 1040. The van der Waals surface area contributed by atoms with Crippen LogP contribution < -0.4 is 9.64 Å². The zero-order valence-electron chi connectivity index (χ0n) is 17.5. The van der Waals surface area contributed by atoms with Crippen molar-refractivity contribution in [2.45, 2.75) is 37.7 Å². The number of thioether (sulfide) groups is 1. The van der Waals surface area contributed by atoms with Gasteiger partial charge in [0.05, 0.1) is 23.9 Å². The lowest BCUT2D eigenvalue weighted by Crippen LogP contribution is -2.37. The number of hydrogen-bond donors (Lipinski definition) is 0. The maximum Gasteiger partial charge on any atom is 0.191 e. The summed E-state index contributed by atoms with van der Waals surface area (Å²) in [6.45, 7) is 8.21. The summed E-state index contributed by atoms with van der Waals surface area (Å²) < 4.78 is 14.2. The number of morpholine rings is 1. The van der Waals surface area contributed by atoms with E-state index in [1.165, 1.54) is 5.56 Å². The Morgan fingerprint density at radius 1 is 1.17 bits per heavy atom. The van der Waals surface area contributed by atoms with E-state index in [2.05, 4.69) is 58.0 Å². The van der Waals surface area contributed by atoms with Gasteiger partial charge in [0.15, 0.2) is 22.1 Å². The van der Waals surface area contributed by atoms with Gasteiger partial charge in [-0.05, 0) is 47.2 Å². The van der Waals surface area contributed by atoms with Gasteiger partial charge in [0, 0.05) is 31.8 Å². The molecular formula is C21H26IN5O2S. The number of ether oxygens (including phenoxy) is 2. The van der Waals surface area contributed by atoms with E-state index in [4.69, 9.17) is 24.4 Å². The van der Waals surface area contributed by atoms with Gasteiger partial charge < -0.3 is 18.9 Å². The van der Waals surface area contributed by atoms with E-state index in [0.29, 0.717) is 13.2 Å². The molecule has 0 unspecified atom stereocenters. The van der Waals surface area contributed by atoms with Crippen LogP contribution in [0.2, 0.25) is 0 Å². The average molecular weight is 539 g/mol. The topological polar surface area (TPSA) is 65.3 Å². The zero-order valence-corrected chi connectivity index (χ0v) is 20.5. The molecule has 0 bridgehead atoms. The largest absolute Gasteiger partial charge is 0.496 e. The number of hydrogen-bond acceptors (Lipinski definition) is 7. The fraction of sp³-hybridized carbons (Fsp3) is 0.476. The molecule has 9 heteroatoms. The summed E-state index contributed by atoms with van der Waals surface area (Å²) in [5.74, 6) is 3.69. The molecule has 1 aliphatic heterocycles. The predicted molar refractivity (Wildman–Crippen MR) is 129 cm³/mol. The van der Waals surface area contributed by atoms with Gasteiger partial charge >= 0.3 is 0 Å². The van der Waals surface area contributed by atoms with Gasteiger partial charge in [-0.3, -0.25) is 0 Å². The summed E-state index contributed by atoms with van der Waals surface area (Å²) in [6, 6.07) is 6.26. The number of nitrogens with zero attached hydrogens (tertiary/aromatic N) is 5. The first-order chi connectivity index (χ1) is 14.6. The molecule has 30 heavy (non-hydrogen) atoms. The van der Waals surface area contributed by atoms with Crippen molar-refractivity contribution in [3.05, 3.63) is 33.2 Å². The van der Waals surface area contributed by atoms with Crippen molar-refractivity contribution < 1.29 is 9.47 Å². The zero-order chi connectivity index (χ0) is 21.1. The highest BCUT2D eigenvalue weighted by atomic mass is 127. The third kappa shape index (κ3) is 4.38. The highest BCUT2D eigenvalue weighted by Gasteiger charge is 2.22. The molecule has 2 aromatic heterocycles. The number of anilines is 1. The molecule has 160 valence electrons. The molecule has 1 aromatic carbocycles. The average Bonchev–Trinajstić information content (AvgIpc) is 3.15. The summed E-state index contributed by atoms with van der Waals surface area (Å²) in [7, 11) is 1.70. The summed E-state index contributed by atoms with van der Waals surface area (Å²) in [6.07, 6.45) is 0.875. The van der Waals surface area contributed by atoms with Gasteiger partial charge in [-0.2, -0.15) is 0 Å². The number of fused-ring (bicyclic) bond motifs is 1. The van der Waals surface area contributed by atoms with Crippen LogP contribution in [0.3, 0.4) is 0 Å². The summed E-state index contributed by atoms with van der Waals surface area (Å²) in [5, 5.41) is 0.784. The molecule has 0 spiro atoms. The number of methoxy groups -OCH3 is 1. The molecule has 0 aliphatic carbocycles. The van der Waals surface area contributed by atoms with Gasteiger partial charge in [-0.25, -0.2) is 15.0 Å². The van der Waals surface area contributed by atoms with E-state index >= 15 is 0 Å². The molecule has 0 saturated carbocycles. The maximum absolute atomic E-state index is 5.54. The quantitative estimate of drug-likeness (QED) is 0.254. The summed E-state index contributed by atoms with van der Waals surface area (Å²) in [4.78, 5) is 17.0. The molecular weight excluding hydrogens is 513 g/mol. The van der Waals surface area contributed by atoms with E-state index in [9.17, 15) is 0 Å². The molecule has 3 heterocycles. The van der Waals surface area contributed by atoms with E-state index in [0.717, 1.165) is 69.1 Å². The Morgan fingerprint density at radius 3 is 2.63 bits per heavy atom. The molecule has 3 aromatic rings. The Hall–Kier alpha value is -1.59. The Kier molecular flexibility index (Phi) is 6.99. The van der Waals surface area contributed by atoms with E-state index in [1.807, 2.05) is 6.07 Å². The van der Waals surface area contributed by atoms with Crippen LogP contribution in [0.4, 0.5) is 5.82 Å². The van der Waals surface area contributed by atoms with Crippen molar-refractivity contribution in [2.75, 3.05) is 38.3 Å². The van der Waals surface area contributed by atoms with Crippen LogP contribution in [-0.2, 0) is 23.5 Å². The monoisotopic (exact) mass is 539 g/mol. The highest BCUT2D eigenvalue weighted by molar-refractivity contribution is 14.1. The first-order valence-electron chi connectivity index (χ1n) is 10.2. The third-order valence-corrected chi connectivity index (χ3v) is 6.92. The predicted octanol–water partition coefficient (Wildman–Crippen LogP) is 4.15. The molecule has 1 fully saturated rings. The number of rotatable bonds is 7. The van der Waals surface area contributed by atoms with E-state index in [-0.39, 0.29) is 0 Å². The number of aromatic nitrogens is 4. The second kappa shape index (κ2) is 9.69. The number of imidazole rings is 1. The lowest BCUT2D eigenvalue weighted by atomic mass is 10.2. The molecule has 0 atom stereocenters. The van der Waals surface area contributed by atoms with Crippen LogP contribution in [0.15, 0.2) is 23.4 Å². The molecule has 7 nitrogen and oxygen atoms in total. The summed E-state index contributed by atoms with van der Waals surface area (Å²) in [5.41, 5.74) is 3.05. The smallest absolute Gasteiger partial charge is 0.191 e. The van der Waals surface area contributed by atoms with Crippen molar-refractivity contribution in [1.29, 1.82) is 0 Å². The van der Waals surface area contributed by atoms with Crippen molar-refractivity contribution in [3.63, 3.8) is 0 Å². The van der Waals surface area contributed by atoms with Gasteiger partial charge in [0.2, 0.25) is 0 Å². The van der Waals surface area contributed by atoms with Crippen molar-refractivity contribution in [1.82, 2.24) is 19.5 Å². The lowest BCUT2D eigenvalue weighted by molar-refractivity contribution is 0.122. The number of halogens is 1. The molecule has 1 aliphatic rings. The maximum atomic E-state index is 5.54. The number of benzene rings is 1. The van der Waals surface area contributed by atoms with Crippen LogP contribution in [-0.4, -0.2) is 52.9 Å². The minimum Gasteiger partial charge on any atom is -0.496 e. The van der Waals surface area contributed by atoms with Gasteiger partial charge in [0.25, 0.3) is 0 Å². The highest BCUT2D eigenvalue weighted by Crippen LogP contribution is 2.31. The van der Waals surface area contributed by atoms with Gasteiger partial charge in [0.1, 0.15) is 11.6 Å². The fourth-order valence-corrected chi connectivity index (χ4v) is 5.20. The fourth-order valence-electron chi connectivity index (χ4n) is 3.62. The molecule has 1 saturated heterocycles. The summed E-state index contributed by atoms with van der Waals surface area (Å²) >= 11 is 3.97. The minimum absolute atomic E-state index is 0.716. The van der Waals surface area contributed by atoms with Gasteiger partial charge in [-0.15, -0.1) is 0 Å². The first-order valence-corrected chi connectivity index (χ1v) is 12.3. The Morgan fingerprint density at radius 2 is 1.97 bits per heavy atom. The van der Waals surface area contributed by atoms with Crippen LogP contribution >= 0.6 is 34.4 Å². The van der Waals surface area contributed by atoms with Crippen molar-refractivity contribution in [3.8, 4) is 5.75 Å². The molecule has 4 rings (SSSR count). The normalized spacial score (nSPS) is 14.5. The van der Waals surface area contributed by atoms with E-state index < -0.39 is 0 Å². The molecule has 0 amide bonds. The van der Waals surface area contributed by atoms with E-state index in [1.54, 1.807) is 18.9 Å². The minimum atomic E-state index is 0.716. The second-order valence-corrected chi connectivity index (χ2v) is 9.09. The first kappa shape index (κ1) is 21.6. The molecule has 0 N–H and O–H groups in total. The van der Waals surface area contributed by atoms with Crippen LogP contribution in [0, 0.1) is 3.57 Å². The third-order valence-electron chi connectivity index (χ3n) is 5.16. The van der Waals surface area contributed by atoms with Crippen molar-refractivity contribution >= 4 is 51.3 Å².